The van der Waals surface area contributed by atoms with Crippen molar-refractivity contribution < 1.29 is 9.59 Å². The molecule has 0 bridgehead atoms. The first-order valence-electron chi connectivity index (χ1n) is 7.73. The molecule has 21 heavy (non-hydrogen) atoms. The van der Waals surface area contributed by atoms with E-state index in [0.29, 0.717) is 19.0 Å². The van der Waals surface area contributed by atoms with Crippen molar-refractivity contribution in [2.45, 2.75) is 45.6 Å². The molecular weight excluding hydrogens is 264 g/mol. The molecule has 1 aromatic carbocycles. The van der Waals surface area contributed by atoms with E-state index in [-0.39, 0.29) is 17.7 Å². The molecule has 4 nitrogen and oxygen atoms in total. The Morgan fingerprint density at radius 3 is 2.71 bits per heavy atom. The zero-order valence-electron chi connectivity index (χ0n) is 12.7. The van der Waals surface area contributed by atoms with Crippen molar-refractivity contribution in [3.63, 3.8) is 0 Å². The maximum absolute atomic E-state index is 12.4. The van der Waals surface area contributed by atoms with E-state index in [0.717, 1.165) is 29.7 Å². The van der Waals surface area contributed by atoms with E-state index in [1.165, 1.54) is 6.42 Å². The maximum atomic E-state index is 12.4. The molecule has 112 valence electrons. The summed E-state index contributed by atoms with van der Waals surface area (Å²) in [6.45, 7) is 4.62. The van der Waals surface area contributed by atoms with Gasteiger partial charge in [-0.2, -0.15) is 0 Å². The molecule has 1 saturated heterocycles. The van der Waals surface area contributed by atoms with E-state index in [1.807, 2.05) is 36.9 Å². The van der Waals surface area contributed by atoms with E-state index in [1.54, 1.807) is 0 Å². The van der Waals surface area contributed by atoms with Gasteiger partial charge in [-0.1, -0.05) is 12.1 Å². The molecule has 0 aromatic heterocycles. The van der Waals surface area contributed by atoms with Crippen LogP contribution in [0.3, 0.4) is 0 Å². The second-order valence-corrected chi connectivity index (χ2v) is 6.27. The van der Waals surface area contributed by atoms with Crippen molar-refractivity contribution in [2.75, 3.05) is 11.9 Å². The molecule has 2 aliphatic rings. The lowest BCUT2D eigenvalue weighted by molar-refractivity contribution is -0.131. The number of benzene rings is 1. The lowest BCUT2D eigenvalue weighted by Crippen LogP contribution is -2.41. The van der Waals surface area contributed by atoms with Crippen molar-refractivity contribution in [2.24, 2.45) is 5.92 Å². The van der Waals surface area contributed by atoms with Gasteiger partial charge in [0.25, 0.3) is 0 Å². The number of carbonyl (C=O) groups is 2. The second-order valence-electron chi connectivity index (χ2n) is 6.27. The first-order chi connectivity index (χ1) is 10.1. The minimum Gasteiger partial charge on any atom is -0.339 e. The Morgan fingerprint density at radius 2 is 2.05 bits per heavy atom. The van der Waals surface area contributed by atoms with Gasteiger partial charge in [0.1, 0.15) is 0 Å². The molecule has 2 fully saturated rings. The van der Waals surface area contributed by atoms with Crippen LogP contribution >= 0.6 is 0 Å². The van der Waals surface area contributed by atoms with Crippen molar-refractivity contribution >= 4 is 17.5 Å². The van der Waals surface area contributed by atoms with Gasteiger partial charge in [0.05, 0.1) is 5.92 Å². The van der Waals surface area contributed by atoms with Gasteiger partial charge < -0.3 is 10.2 Å². The fourth-order valence-electron chi connectivity index (χ4n) is 3.08. The van der Waals surface area contributed by atoms with Crippen molar-refractivity contribution in [3.05, 3.63) is 29.3 Å². The number of aryl methyl sites for hydroxylation is 1. The maximum Gasteiger partial charge on any atom is 0.229 e. The van der Waals surface area contributed by atoms with Crippen LogP contribution in [0.1, 0.15) is 36.8 Å². The van der Waals surface area contributed by atoms with Crippen molar-refractivity contribution in [1.29, 1.82) is 0 Å². The number of nitrogens with zero attached hydrogens (tertiary/aromatic N) is 1. The number of likely N-dealkylation sites (tertiary alicyclic amines) is 1. The third-order valence-corrected chi connectivity index (χ3v) is 4.91. The Bertz CT molecular complexity index is 578. The highest BCUT2D eigenvalue weighted by atomic mass is 16.2. The van der Waals surface area contributed by atoms with Gasteiger partial charge in [0, 0.05) is 24.7 Å². The van der Waals surface area contributed by atoms with Crippen molar-refractivity contribution in [3.8, 4) is 0 Å². The number of carbonyl (C=O) groups excluding carboxylic acids is 2. The topological polar surface area (TPSA) is 49.4 Å². The number of hydrogen-bond acceptors (Lipinski definition) is 2. The summed E-state index contributed by atoms with van der Waals surface area (Å²) in [5.74, 6) is -0.0994. The molecule has 2 amide bonds. The van der Waals surface area contributed by atoms with E-state index in [9.17, 15) is 9.59 Å². The lowest BCUT2D eigenvalue weighted by Gasteiger charge is -2.34. The minimum absolute atomic E-state index is 0.0288. The summed E-state index contributed by atoms with van der Waals surface area (Å²) in [7, 11) is 0. The highest BCUT2D eigenvalue weighted by molar-refractivity contribution is 5.97. The third kappa shape index (κ3) is 2.67. The molecule has 1 N–H and O–H groups in total. The lowest BCUT2D eigenvalue weighted by atomic mass is 9.92. The highest BCUT2D eigenvalue weighted by Gasteiger charge is 2.39. The van der Waals surface area contributed by atoms with Gasteiger partial charge in [-0.05, 0) is 50.3 Å². The van der Waals surface area contributed by atoms with Crippen LogP contribution in [0.4, 0.5) is 5.69 Å². The fraction of sp³-hybridized carbons (Fsp3) is 0.529. The van der Waals surface area contributed by atoms with Crippen molar-refractivity contribution in [1.82, 2.24) is 4.90 Å². The molecule has 1 aliphatic carbocycles. The standard InChI is InChI=1S/C17H22N2O2/c1-11-5-3-8-15(12(11)2)18-17(21)13-9-16(20)19(10-13)14-6-4-7-14/h3,5,8,13-14H,4,6-7,9-10H2,1-2H3,(H,18,21). The van der Waals surface area contributed by atoms with Crippen LogP contribution < -0.4 is 5.32 Å². The molecule has 3 rings (SSSR count). The molecule has 0 radical (unpaired) electrons. The van der Waals surface area contributed by atoms with Crippen LogP contribution in [0, 0.1) is 19.8 Å². The average molecular weight is 286 g/mol. The Balaban J connectivity index is 1.66. The summed E-state index contributed by atoms with van der Waals surface area (Å²) < 4.78 is 0. The van der Waals surface area contributed by atoms with E-state index < -0.39 is 0 Å². The summed E-state index contributed by atoms with van der Waals surface area (Å²) in [4.78, 5) is 26.4. The Kier molecular flexibility index (Phi) is 3.70. The second kappa shape index (κ2) is 5.51. The van der Waals surface area contributed by atoms with Crippen LogP contribution in [0.25, 0.3) is 0 Å². The van der Waals surface area contributed by atoms with Crippen LogP contribution in [0.2, 0.25) is 0 Å². The van der Waals surface area contributed by atoms with Gasteiger partial charge in [-0.25, -0.2) is 0 Å². The van der Waals surface area contributed by atoms with Crippen LogP contribution in [0.15, 0.2) is 18.2 Å². The minimum atomic E-state index is -0.210. The fourth-order valence-corrected chi connectivity index (χ4v) is 3.08. The third-order valence-electron chi connectivity index (χ3n) is 4.91. The SMILES string of the molecule is Cc1cccc(NC(=O)C2CC(=O)N(C3CCC3)C2)c1C. The molecule has 1 aromatic rings. The summed E-state index contributed by atoms with van der Waals surface area (Å²) in [6, 6.07) is 6.28. The van der Waals surface area contributed by atoms with Gasteiger partial charge in [0.2, 0.25) is 11.8 Å². The predicted molar refractivity (Wildman–Crippen MR) is 82.0 cm³/mol. The summed E-state index contributed by atoms with van der Waals surface area (Å²) in [6.07, 6.45) is 3.75. The van der Waals surface area contributed by atoms with Gasteiger partial charge in [-0.15, -0.1) is 0 Å². The number of amides is 2. The monoisotopic (exact) mass is 286 g/mol. The summed E-state index contributed by atoms with van der Waals surface area (Å²) in [5, 5.41) is 2.99. The molecule has 4 heteroatoms. The molecule has 1 unspecified atom stereocenters. The largest absolute Gasteiger partial charge is 0.339 e. The van der Waals surface area contributed by atoms with Crippen LogP contribution in [0.5, 0.6) is 0 Å². The number of rotatable bonds is 3. The van der Waals surface area contributed by atoms with E-state index in [2.05, 4.69) is 5.32 Å². The summed E-state index contributed by atoms with van der Waals surface area (Å²) in [5.41, 5.74) is 3.10. The normalized spacial score (nSPS) is 22.3. The molecule has 0 spiro atoms. The first-order valence-corrected chi connectivity index (χ1v) is 7.73. The zero-order valence-corrected chi connectivity index (χ0v) is 12.7. The van der Waals surface area contributed by atoms with E-state index >= 15 is 0 Å². The Hall–Kier alpha value is -1.84. The van der Waals surface area contributed by atoms with Gasteiger partial charge in [-0.3, -0.25) is 9.59 Å². The van der Waals surface area contributed by atoms with Gasteiger partial charge in [0.15, 0.2) is 0 Å². The Morgan fingerprint density at radius 1 is 1.29 bits per heavy atom. The summed E-state index contributed by atoms with van der Waals surface area (Å²) >= 11 is 0. The highest BCUT2D eigenvalue weighted by Crippen LogP contribution is 2.31. The Labute approximate surface area is 125 Å². The predicted octanol–water partition coefficient (Wildman–Crippen LogP) is 2.64. The van der Waals surface area contributed by atoms with Crippen LogP contribution in [-0.4, -0.2) is 29.3 Å². The molecule has 1 atom stereocenters. The molecule has 1 saturated carbocycles. The zero-order chi connectivity index (χ0) is 15.0. The van der Waals surface area contributed by atoms with Gasteiger partial charge >= 0.3 is 0 Å². The molecule has 1 heterocycles. The number of hydrogen-bond donors (Lipinski definition) is 1. The quantitative estimate of drug-likeness (QED) is 0.928. The molecular formula is C17H22N2O2. The first kappa shape index (κ1) is 14.1. The molecule has 1 aliphatic heterocycles. The number of anilines is 1. The smallest absolute Gasteiger partial charge is 0.229 e. The van der Waals surface area contributed by atoms with Crippen LogP contribution in [-0.2, 0) is 9.59 Å². The number of nitrogens with one attached hydrogen (secondary N) is 1. The van der Waals surface area contributed by atoms with E-state index in [4.69, 9.17) is 0 Å². The average Bonchev–Trinajstić information content (AvgIpc) is 2.75.